The van der Waals surface area contributed by atoms with Gasteiger partial charge >= 0.3 is 0 Å². The summed E-state index contributed by atoms with van der Waals surface area (Å²) >= 11 is 0. The minimum atomic E-state index is 0.506. The van der Waals surface area contributed by atoms with Crippen LogP contribution >= 0.6 is 0 Å². The van der Waals surface area contributed by atoms with Crippen LogP contribution in [-0.4, -0.2) is 22.1 Å². The number of hydrogen-bond donors (Lipinski definition) is 1. The molecule has 0 bridgehead atoms. The van der Waals surface area contributed by atoms with Crippen molar-refractivity contribution in [2.24, 2.45) is 5.92 Å². The van der Waals surface area contributed by atoms with E-state index >= 15 is 0 Å². The number of nitrogens with zero attached hydrogens (tertiary/aromatic N) is 2. The lowest BCUT2D eigenvalue weighted by atomic mass is 9.83. The molecule has 1 heterocycles. The molecule has 1 aliphatic carbocycles. The van der Waals surface area contributed by atoms with Crippen molar-refractivity contribution in [3.05, 3.63) is 42.7 Å². The van der Waals surface area contributed by atoms with Crippen LogP contribution in [0.25, 0.3) is 11.4 Å². The molecule has 21 heavy (non-hydrogen) atoms. The quantitative estimate of drug-likeness (QED) is 0.922. The van der Waals surface area contributed by atoms with Crippen molar-refractivity contribution < 1.29 is 0 Å². The van der Waals surface area contributed by atoms with Crippen LogP contribution in [0.5, 0.6) is 0 Å². The second kappa shape index (κ2) is 6.44. The van der Waals surface area contributed by atoms with Crippen LogP contribution in [0.4, 0.5) is 0 Å². The summed E-state index contributed by atoms with van der Waals surface area (Å²) < 4.78 is 2.39. The first-order chi connectivity index (χ1) is 10.3. The molecule has 0 radical (unpaired) electrons. The van der Waals surface area contributed by atoms with Crippen molar-refractivity contribution in [2.75, 3.05) is 6.54 Å². The van der Waals surface area contributed by atoms with E-state index < -0.39 is 0 Å². The van der Waals surface area contributed by atoms with Crippen LogP contribution in [-0.2, 0) is 0 Å². The first-order valence-corrected chi connectivity index (χ1v) is 8.11. The third kappa shape index (κ3) is 3.03. The molecule has 3 unspecified atom stereocenters. The average molecular weight is 283 g/mol. The van der Waals surface area contributed by atoms with Crippen LogP contribution in [0.3, 0.4) is 0 Å². The predicted octanol–water partition coefficient (Wildman–Crippen LogP) is 3.89. The summed E-state index contributed by atoms with van der Waals surface area (Å²) in [4.78, 5) is 4.62. The van der Waals surface area contributed by atoms with Gasteiger partial charge in [0.25, 0.3) is 0 Å². The Kier molecular flexibility index (Phi) is 4.39. The van der Waals surface area contributed by atoms with Crippen LogP contribution in [0.15, 0.2) is 42.7 Å². The number of imidazole rings is 1. The van der Waals surface area contributed by atoms with Gasteiger partial charge in [0.2, 0.25) is 0 Å². The van der Waals surface area contributed by atoms with Gasteiger partial charge in [-0.3, -0.25) is 0 Å². The Hall–Kier alpha value is -1.61. The van der Waals surface area contributed by atoms with Gasteiger partial charge in [-0.1, -0.05) is 44.2 Å². The van der Waals surface area contributed by atoms with E-state index in [0.717, 1.165) is 18.3 Å². The lowest BCUT2D eigenvalue weighted by molar-refractivity contribution is 0.219. The Bertz CT molecular complexity index is 561. The molecule has 1 aromatic heterocycles. The van der Waals surface area contributed by atoms with Crippen molar-refractivity contribution >= 4 is 0 Å². The normalized spacial score (nSPS) is 25.9. The Labute approximate surface area is 127 Å². The lowest BCUT2D eigenvalue weighted by Gasteiger charge is -2.37. The molecule has 0 aliphatic heterocycles. The van der Waals surface area contributed by atoms with Gasteiger partial charge in [0.05, 0.1) is 6.04 Å². The number of nitrogens with one attached hydrogen (secondary N) is 1. The van der Waals surface area contributed by atoms with Gasteiger partial charge in [-0.2, -0.15) is 0 Å². The van der Waals surface area contributed by atoms with Crippen LogP contribution in [0.1, 0.15) is 39.2 Å². The van der Waals surface area contributed by atoms with Crippen molar-refractivity contribution in [3.63, 3.8) is 0 Å². The molecule has 1 aliphatic rings. The summed E-state index contributed by atoms with van der Waals surface area (Å²) in [6, 6.07) is 11.6. The standard InChI is InChI=1S/C18H25N3/c1-3-19-16-10-9-14(2)13-17(16)21-12-11-20-18(21)15-7-5-4-6-8-15/h4-8,11-12,14,16-17,19H,3,9-10,13H2,1-2H3. The highest BCUT2D eigenvalue weighted by molar-refractivity contribution is 5.55. The van der Waals surface area contributed by atoms with Crippen molar-refractivity contribution in [2.45, 2.75) is 45.2 Å². The Morgan fingerprint density at radius 1 is 1.24 bits per heavy atom. The molecule has 2 aromatic rings. The summed E-state index contributed by atoms with van der Waals surface area (Å²) in [5.41, 5.74) is 1.20. The molecule has 0 amide bonds. The maximum Gasteiger partial charge on any atom is 0.140 e. The fourth-order valence-electron chi connectivity index (χ4n) is 3.55. The first kappa shape index (κ1) is 14.3. The molecule has 3 heteroatoms. The molecular weight excluding hydrogens is 258 g/mol. The van der Waals surface area contributed by atoms with Gasteiger partial charge in [0, 0.05) is 24.0 Å². The second-order valence-corrected chi connectivity index (χ2v) is 6.17. The smallest absolute Gasteiger partial charge is 0.140 e. The van der Waals surface area contributed by atoms with Gasteiger partial charge in [-0.15, -0.1) is 0 Å². The topological polar surface area (TPSA) is 29.9 Å². The summed E-state index contributed by atoms with van der Waals surface area (Å²) in [5.74, 6) is 1.88. The lowest BCUT2D eigenvalue weighted by Crippen LogP contribution is -2.41. The van der Waals surface area contributed by atoms with Gasteiger partial charge < -0.3 is 9.88 Å². The van der Waals surface area contributed by atoms with E-state index in [-0.39, 0.29) is 0 Å². The highest BCUT2D eigenvalue weighted by atomic mass is 15.1. The van der Waals surface area contributed by atoms with Crippen molar-refractivity contribution in [3.8, 4) is 11.4 Å². The largest absolute Gasteiger partial charge is 0.326 e. The van der Waals surface area contributed by atoms with E-state index in [1.807, 2.05) is 6.20 Å². The third-order valence-corrected chi connectivity index (χ3v) is 4.60. The highest BCUT2D eigenvalue weighted by Crippen LogP contribution is 2.35. The third-order valence-electron chi connectivity index (χ3n) is 4.60. The zero-order valence-electron chi connectivity index (χ0n) is 13.0. The molecule has 112 valence electrons. The molecule has 3 rings (SSSR count). The highest BCUT2D eigenvalue weighted by Gasteiger charge is 2.30. The molecule has 3 atom stereocenters. The fraction of sp³-hybridized carbons (Fsp3) is 0.500. The minimum Gasteiger partial charge on any atom is -0.326 e. The number of benzene rings is 1. The summed E-state index contributed by atoms with van der Waals surface area (Å²) in [5, 5.41) is 3.67. The Morgan fingerprint density at radius 2 is 2.05 bits per heavy atom. The molecule has 1 fully saturated rings. The van der Waals surface area contributed by atoms with E-state index in [9.17, 15) is 0 Å². The Morgan fingerprint density at radius 3 is 2.81 bits per heavy atom. The maximum absolute atomic E-state index is 4.62. The summed E-state index contributed by atoms with van der Waals surface area (Å²) in [6.07, 6.45) is 7.89. The molecule has 1 aromatic carbocycles. The van der Waals surface area contributed by atoms with E-state index in [1.165, 1.54) is 24.8 Å². The number of hydrogen-bond acceptors (Lipinski definition) is 2. The summed E-state index contributed by atoms with van der Waals surface area (Å²) in [7, 11) is 0. The maximum atomic E-state index is 4.62. The molecule has 0 saturated heterocycles. The Balaban J connectivity index is 1.93. The van der Waals surface area contributed by atoms with Gasteiger partial charge in [-0.05, 0) is 31.7 Å². The first-order valence-electron chi connectivity index (χ1n) is 8.11. The van der Waals surface area contributed by atoms with Crippen LogP contribution < -0.4 is 5.32 Å². The van der Waals surface area contributed by atoms with Crippen LogP contribution in [0, 0.1) is 5.92 Å². The fourth-order valence-corrected chi connectivity index (χ4v) is 3.55. The number of aromatic nitrogens is 2. The zero-order valence-corrected chi connectivity index (χ0v) is 13.0. The van der Waals surface area contributed by atoms with E-state index in [4.69, 9.17) is 0 Å². The van der Waals surface area contributed by atoms with Crippen LogP contribution in [0.2, 0.25) is 0 Å². The number of rotatable bonds is 4. The molecule has 1 N–H and O–H groups in total. The van der Waals surface area contributed by atoms with Gasteiger partial charge in [0.15, 0.2) is 0 Å². The molecule has 3 nitrogen and oxygen atoms in total. The monoisotopic (exact) mass is 283 g/mol. The zero-order chi connectivity index (χ0) is 14.7. The molecule has 1 saturated carbocycles. The second-order valence-electron chi connectivity index (χ2n) is 6.17. The minimum absolute atomic E-state index is 0.506. The van der Waals surface area contributed by atoms with E-state index in [1.54, 1.807) is 0 Å². The SMILES string of the molecule is CCNC1CCC(C)CC1n1ccnc1-c1ccccc1. The van der Waals surface area contributed by atoms with E-state index in [0.29, 0.717) is 12.1 Å². The molecule has 0 spiro atoms. The van der Waals surface area contributed by atoms with Crippen molar-refractivity contribution in [1.82, 2.24) is 14.9 Å². The van der Waals surface area contributed by atoms with Gasteiger partial charge in [0.1, 0.15) is 5.82 Å². The molecular formula is C18H25N3. The predicted molar refractivity (Wildman–Crippen MR) is 87.2 cm³/mol. The van der Waals surface area contributed by atoms with E-state index in [2.05, 4.69) is 65.2 Å². The van der Waals surface area contributed by atoms with Crippen molar-refractivity contribution in [1.29, 1.82) is 0 Å². The average Bonchev–Trinajstić information content (AvgIpc) is 2.99. The number of likely N-dealkylation sites (N-methyl/N-ethyl adjacent to an activating group) is 1. The summed E-state index contributed by atoms with van der Waals surface area (Å²) in [6.45, 7) is 5.60. The van der Waals surface area contributed by atoms with Gasteiger partial charge in [-0.25, -0.2) is 4.98 Å².